The number of para-hydroxylation sites is 1. The predicted octanol–water partition coefficient (Wildman–Crippen LogP) is 6.28. The molecule has 7 rings (SSSR count). The normalized spacial score (nSPS) is 11.7. The Balaban J connectivity index is 1.27. The van der Waals surface area contributed by atoms with Crippen molar-refractivity contribution in [3.05, 3.63) is 115 Å². The summed E-state index contributed by atoms with van der Waals surface area (Å²) in [6, 6.07) is 17.9. The number of pyridine rings is 2. The van der Waals surface area contributed by atoms with Crippen LogP contribution in [0.5, 0.6) is 0 Å². The SMILES string of the molecule is Cc1c(F)cccc1S(=O)(=O)Nc1ccc(F)c(Nc2ncnc3ccc(-n4cnc5c(-c6cccnc6N)cccc54)nc23)c1F. The number of rotatable bonds is 7. The van der Waals surface area contributed by atoms with Crippen LogP contribution in [0.1, 0.15) is 5.56 Å². The summed E-state index contributed by atoms with van der Waals surface area (Å²) in [5.74, 6) is -2.33. The molecule has 4 N–H and O–H groups in total. The fourth-order valence-corrected chi connectivity index (χ4v) is 6.50. The van der Waals surface area contributed by atoms with Crippen LogP contribution in [0, 0.1) is 24.4 Å². The topological polar surface area (TPSA) is 154 Å². The number of imidazole rings is 1. The highest BCUT2D eigenvalue weighted by Gasteiger charge is 2.24. The second-order valence-electron chi connectivity index (χ2n) is 10.4. The van der Waals surface area contributed by atoms with Gasteiger partial charge >= 0.3 is 0 Å². The minimum absolute atomic E-state index is 0.0520. The number of nitrogens with two attached hydrogens (primary N) is 1. The van der Waals surface area contributed by atoms with Gasteiger partial charge in [-0.3, -0.25) is 9.29 Å². The van der Waals surface area contributed by atoms with Crippen molar-refractivity contribution in [2.45, 2.75) is 11.8 Å². The summed E-state index contributed by atoms with van der Waals surface area (Å²) < 4.78 is 74.7. The van der Waals surface area contributed by atoms with Gasteiger partial charge in [0.25, 0.3) is 10.0 Å². The fraction of sp³-hybridized carbons (Fsp3) is 0.0312. The Morgan fingerprint density at radius 1 is 0.809 bits per heavy atom. The Bertz CT molecular complexity index is 2470. The van der Waals surface area contributed by atoms with Crippen LogP contribution >= 0.6 is 0 Å². The summed E-state index contributed by atoms with van der Waals surface area (Å²) in [6.45, 7) is 1.28. The van der Waals surface area contributed by atoms with Crippen LogP contribution in [0.25, 0.3) is 39.0 Å². The number of hydrogen-bond donors (Lipinski definition) is 3. The summed E-state index contributed by atoms with van der Waals surface area (Å²) in [5.41, 5.74) is 8.07. The second kappa shape index (κ2) is 11.4. The van der Waals surface area contributed by atoms with E-state index in [2.05, 4.69) is 35.0 Å². The number of halogens is 3. The molecule has 0 saturated heterocycles. The standard InChI is InChI=1S/C32H22F3N9O2S/c1-17-20(33)7-3-9-25(17)47(45,46)43-22-11-10-21(34)29(27(22)35)42-32-30-23(38-15-39-32)12-13-26(41-30)44-16-40-28-18(5-2-8-24(28)44)19-6-4-14-37-31(19)36/h2-16,43H,1H3,(H2,36,37)(H,38,39,42). The number of nitrogen functional groups attached to an aromatic ring is 1. The fourth-order valence-electron chi connectivity index (χ4n) is 5.18. The smallest absolute Gasteiger partial charge is 0.262 e. The molecule has 7 aromatic rings. The van der Waals surface area contributed by atoms with E-state index >= 15 is 8.78 Å². The number of nitrogens with one attached hydrogen (secondary N) is 2. The number of fused-ring (bicyclic) bond motifs is 2. The van der Waals surface area contributed by atoms with Crippen molar-refractivity contribution >= 4 is 55.1 Å². The molecule has 0 spiro atoms. The maximum atomic E-state index is 15.7. The molecule has 0 bridgehead atoms. The number of sulfonamides is 1. The van der Waals surface area contributed by atoms with E-state index in [0.717, 1.165) is 23.8 Å². The maximum absolute atomic E-state index is 15.7. The summed E-state index contributed by atoms with van der Waals surface area (Å²) >= 11 is 0. The minimum atomic E-state index is -4.44. The van der Waals surface area contributed by atoms with E-state index in [4.69, 9.17) is 5.73 Å². The van der Waals surface area contributed by atoms with E-state index in [1.165, 1.54) is 25.4 Å². The number of nitrogens with zero attached hydrogens (tertiary/aromatic N) is 6. The third-order valence-electron chi connectivity index (χ3n) is 7.51. The average Bonchev–Trinajstić information content (AvgIpc) is 3.50. The molecular weight excluding hydrogens is 631 g/mol. The van der Waals surface area contributed by atoms with Crippen LogP contribution in [-0.2, 0) is 10.0 Å². The molecule has 4 heterocycles. The van der Waals surface area contributed by atoms with E-state index < -0.39 is 43.7 Å². The lowest BCUT2D eigenvalue weighted by Crippen LogP contribution is -2.16. The monoisotopic (exact) mass is 653 g/mol. The molecule has 3 aromatic carbocycles. The van der Waals surface area contributed by atoms with Gasteiger partial charge in [0, 0.05) is 22.9 Å². The van der Waals surface area contributed by atoms with Crippen LogP contribution in [0.4, 0.5) is 36.2 Å². The molecule has 0 atom stereocenters. The molecule has 47 heavy (non-hydrogen) atoms. The van der Waals surface area contributed by atoms with Crippen molar-refractivity contribution in [3.63, 3.8) is 0 Å². The Hall–Kier alpha value is -6.09. The number of hydrogen-bond acceptors (Lipinski definition) is 9. The molecule has 234 valence electrons. The van der Waals surface area contributed by atoms with Crippen LogP contribution in [0.2, 0.25) is 0 Å². The van der Waals surface area contributed by atoms with Gasteiger partial charge in [0.05, 0.1) is 27.1 Å². The number of aromatic nitrogens is 6. The van der Waals surface area contributed by atoms with Gasteiger partial charge in [0.1, 0.15) is 47.1 Å². The van der Waals surface area contributed by atoms with Crippen LogP contribution in [-0.4, -0.2) is 37.9 Å². The molecule has 0 radical (unpaired) electrons. The average molecular weight is 654 g/mol. The van der Waals surface area contributed by atoms with E-state index in [9.17, 15) is 12.8 Å². The first-order valence-corrected chi connectivity index (χ1v) is 15.4. The molecule has 0 saturated carbocycles. The Kier molecular flexibility index (Phi) is 7.16. The van der Waals surface area contributed by atoms with Gasteiger partial charge in [0.15, 0.2) is 11.6 Å². The number of anilines is 4. The molecule has 0 unspecified atom stereocenters. The molecule has 0 aliphatic rings. The lowest BCUT2D eigenvalue weighted by atomic mass is 10.1. The Morgan fingerprint density at radius 3 is 2.45 bits per heavy atom. The van der Waals surface area contributed by atoms with Gasteiger partial charge in [-0.15, -0.1) is 0 Å². The molecule has 0 aliphatic heterocycles. The van der Waals surface area contributed by atoms with Crippen molar-refractivity contribution in [2.24, 2.45) is 0 Å². The van der Waals surface area contributed by atoms with Crippen LogP contribution < -0.4 is 15.8 Å². The highest BCUT2D eigenvalue weighted by Crippen LogP contribution is 2.34. The van der Waals surface area contributed by atoms with Crippen molar-refractivity contribution in [3.8, 4) is 16.9 Å². The highest BCUT2D eigenvalue weighted by molar-refractivity contribution is 7.92. The van der Waals surface area contributed by atoms with Crippen molar-refractivity contribution in [1.29, 1.82) is 0 Å². The van der Waals surface area contributed by atoms with Crippen molar-refractivity contribution < 1.29 is 21.6 Å². The van der Waals surface area contributed by atoms with Crippen molar-refractivity contribution in [2.75, 3.05) is 15.8 Å². The predicted molar refractivity (Wildman–Crippen MR) is 171 cm³/mol. The molecular formula is C32H22F3N9O2S. The molecule has 0 amide bonds. The van der Waals surface area contributed by atoms with Gasteiger partial charge < -0.3 is 11.1 Å². The van der Waals surface area contributed by atoms with E-state index in [-0.39, 0.29) is 16.9 Å². The Labute approximate surface area is 265 Å². The minimum Gasteiger partial charge on any atom is -0.383 e. The first-order chi connectivity index (χ1) is 22.6. The van der Waals surface area contributed by atoms with Gasteiger partial charge in [0.2, 0.25) is 0 Å². The molecule has 0 aliphatic carbocycles. The lowest BCUT2D eigenvalue weighted by molar-refractivity contribution is 0.585. The van der Waals surface area contributed by atoms with Gasteiger partial charge in [-0.1, -0.05) is 18.2 Å². The zero-order valence-corrected chi connectivity index (χ0v) is 25.1. The van der Waals surface area contributed by atoms with Crippen molar-refractivity contribution in [1.82, 2.24) is 29.5 Å². The maximum Gasteiger partial charge on any atom is 0.262 e. The summed E-state index contributed by atoms with van der Waals surface area (Å²) in [7, 11) is -4.44. The number of benzene rings is 3. The quantitative estimate of drug-likeness (QED) is 0.180. The third-order valence-corrected chi connectivity index (χ3v) is 9.02. The van der Waals surface area contributed by atoms with Crippen LogP contribution in [0.3, 0.4) is 0 Å². The zero-order chi connectivity index (χ0) is 32.9. The molecule has 11 nitrogen and oxygen atoms in total. The van der Waals surface area contributed by atoms with E-state index in [1.807, 2.05) is 24.3 Å². The Morgan fingerprint density at radius 2 is 1.62 bits per heavy atom. The summed E-state index contributed by atoms with van der Waals surface area (Å²) in [5, 5.41) is 2.61. The largest absolute Gasteiger partial charge is 0.383 e. The van der Waals surface area contributed by atoms with Crippen LogP contribution in [0.15, 0.2) is 96.5 Å². The van der Waals surface area contributed by atoms with E-state index in [0.29, 0.717) is 33.7 Å². The second-order valence-corrected chi connectivity index (χ2v) is 12.0. The zero-order valence-electron chi connectivity index (χ0n) is 24.3. The summed E-state index contributed by atoms with van der Waals surface area (Å²) in [6.07, 6.45) is 4.38. The molecule has 15 heteroatoms. The first-order valence-electron chi connectivity index (χ1n) is 13.9. The molecule has 0 fully saturated rings. The van der Waals surface area contributed by atoms with Gasteiger partial charge in [-0.25, -0.2) is 46.5 Å². The first kappa shape index (κ1) is 29.6. The third kappa shape index (κ3) is 5.21. The van der Waals surface area contributed by atoms with E-state index in [1.54, 1.807) is 35.3 Å². The van der Waals surface area contributed by atoms with Gasteiger partial charge in [-0.05, 0) is 61.5 Å². The highest BCUT2D eigenvalue weighted by atomic mass is 32.2. The molecule has 4 aromatic heterocycles. The summed E-state index contributed by atoms with van der Waals surface area (Å²) in [4.78, 5) is 21.4. The lowest BCUT2D eigenvalue weighted by Gasteiger charge is -2.15. The van der Waals surface area contributed by atoms with Gasteiger partial charge in [-0.2, -0.15) is 0 Å².